The molecular formula is C17H21N3O4S2. The van der Waals surface area contributed by atoms with Gasteiger partial charge in [0, 0.05) is 18.7 Å². The quantitative estimate of drug-likeness (QED) is 0.859. The van der Waals surface area contributed by atoms with Crippen LogP contribution in [0.25, 0.3) is 0 Å². The number of thiophene rings is 1. The fraction of sp³-hybridized carbons (Fsp3) is 0.529. The highest BCUT2D eigenvalue weighted by molar-refractivity contribution is 7.91. The van der Waals surface area contributed by atoms with Crippen molar-refractivity contribution in [3.63, 3.8) is 0 Å². The highest BCUT2D eigenvalue weighted by Crippen LogP contribution is 2.30. The zero-order chi connectivity index (χ0) is 18.1. The van der Waals surface area contributed by atoms with Crippen molar-refractivity contribution in [3.05, 3.63) is 28.8 Å². The first-order valence-electron chi connectivity index (χ1n) is 8.87. The van der Waals surface area contributed by atoms with Crippen molar-refractivity contribution in [3.8, 4) is 0 Å². The molecule has 1 fully saturated rings. The highest BCUT2D eigenvalue weighted by Gasteiger charge is 2.34. The van der Waals surface area contributed by atoms with Crippen LogP contribution in [0.4, 0.5) is 5.88 Å². The minimum absolute atomic E-state index is 0.194. The molecule has 1 N–H and O–H groups in total. The normalized spacial score (nSPS) is 21.3. The molecular weight excluding hydrogens is 374 g/mol. The SMILES string of the molecule is O=C(Nc1onc2c1CCCC2)C1CCCN(S(=O)(=O)c2cccs2)C1. The zero-order valence-corrected chi connectivity index (χ0v) is 15.9. The van der Waals surface area contributed by atoms with Gasteiger partial charge in [0.1, 0.15) is 4.21 Å². The smallest absolute Gasteiger partial charge is 0.252 e. The van der Waals surface area contributed by atoms with Crippen molar-refractivity contribution in [2.45, 2.75) is 42.7 Å². The summed E-state index contributed by atoms with van der Waals surface area (Å²) < 4.78 is 32.5. The van der Waals surface area contributed by atoms with E-state index in [1.807, 2.05) is 0 Å². The molecule has 7 nitrogen and oxygen atoms in total. The molecule has 1 atom stereocenters. The van der Waals surface area contributed by atoms with Crippen LogP contribution in [0, 0.1) is 5.92 Å². The number of sulfonamides is 1. The van der Waals surface area contributed by atoms with E-state index >= 15 is 0 Å². The molecule has 140 valence electrons. The van der Waals surface area contributed by atoms with Gasteiger partial charge < -0.3 is 4.52 Å². The number of fused-ring (bicyclic) bond motifs is 1. The van der Waals surface area contributed by atoms with Crippen LogP contribution >= 0.6 is 11.3 Å². The molecule has 26 heavy (non-hydrogen) atoms. The molecule has 0 bridgehead atoms. The van der Waals surface area contributed by atoms with Crippen molar-refractivity contribution >= 4 is 33.2 Å². The number of aryl methyl sites for hydroxylation is 1. The first-order valence-corrected chi connectivity index (χ1v) is 11.2. The van der Waals surface area contributed by atoms with E-state index < -0.39 is 10.0 Å². The minimum Gasteiger partial charge on any atom is -0.338 e. The molecule has 0 aromatic carbocycles. The van der Waals surface area contributed by atoms with Gasteiger partial charge in [-0.2, -0.15) is 4.31 Å². The van der Waals surface area contributed by atoms with Crippen LogP contribution < -0.4 is 5.32 Å². The Hall–Kier alpha value is -1.71. The number of nitrogens with one attached hydrogen (secondary N) is 1. The Kier molecular flexibility index (Phi) is 4.85. The lowest BCUT2D eigenvalue weighted by atomic mass is 9.96. The topological polar surface area (TPSA) is 92.5 Å². The predicted molar refractivity (Wildman–Crippen MR) is 97.6 cm³/mol. The van der Waals surface area contributed by atoms with Crippen LogP contribution in [0.1, 0.15) is 36.9 Å². The van der Waals surface area contributed by atoms with Crippen molar-refractivity contribution in [2.75, 3.05) is 18.4 Å². The number of piperidine rings is 1. The van der Waals surface area contributed by atoms with Gasteiger partial charge in [0.05, 0.1) is 11.6 Å². The number of amides is 1. The van der Waals surface area contributed by atoms with Gasteiger partial charge in [-0.3, -0.25) is 10.1 Å². The minimum atomic E-state index is -3.53. The summed E-state index contributed by atoms with van der Waals surface area (Å²) in [4.78, 5) is 12.7. The molecule has 2 aromatic heterocycles. The van der Waals surface area contributed by atoms with Gasteiger partial charge >= 0.3 is 0 Å². The fourth-order valence-corrected chi connectivity index (χ4v) is 6.28. The summed E-state index contributed by atoms with van der Waals surface area (Å²) in [5, 5.41) is 8.63. The lowest BCUT2D eigenvalue weighted by molar-refractivity contribution is -0.121. The van der Waals surface area contributed by atoms with Crippen LogP contribution in [0.5, 0.6) is 0 Å². The summed E-state index contributed by atoms with van der Waals surface area (Å²) in [6.07, 6.45) is 5.22. The molecule has 1 aliphatic heterocycles. The number of carbonyl (C=O) groups is 1. The Labute approximate surface area is 156 Å². The molecule has 2 aliphatic rings. The predicted octanol–water partition coefficient (Wildman–Crippen LogP) is 2.65. The molecule has 9 heteroatoms. The second kappa shape index (κ2) is 7.13. The third-order valence-electron chi connectivity index (χ3n) is 5.04. The van der Waals surface area contributed by atoms with Crippen molar-refractivity contribution in [1.82, 2.24) is 9.46 Å². The van der Waals surface area contributed by atoms with Crippen LogP contribution in [-0.4, -0.2) is 36.9 Å². The Morgan fingerprint density at radius 3 is 2.96 bits per heavy atom. The van der Waals surface area contributed by atoms with E-state index in [1.165, 1.54) is 15.6 Å². The van der Waals surface area contributed by atoms with Crippen LogP contribution in [0.3, 0.4) is 0 Å². The molecule has 1 unspecified atom stereocenters. The van der Waals surface area contributed by atoms with E-state index in [0.717, 1.165) is 36.9 Å². The third-order valence-corrected chi connectivity index (χ3v) is 8.28. The summed E-state index contributed by atoms with van der Waals surface area (Å²) in [5.41, 5.74) is 1.92. The summed E-state index contributed by atoms with van der Waals surface area (Å²) in [6, 6.07) is 3.32. The maximum absolute atomic E-state index is 12.7. The number of carbonyl (C=O) groups excluding carboxylic acids is 1. The average molecular weight is 396 g/mol. The number of hydrogen-bond acceptors (Lipinski definition) is 6. The Morgan fingerprint density at radius 2 is 2.15 bits per heavy atom. The maximum atomic E-state index is 12.7. The molecule has 3 heterocycles. The molecule has 4 rings (SSSR count). The average Bonchev–Trinajstić information content (AvgIpc) is 3.33. The number of nitrogens with zero attached hydrogens (tertiary/aromatic N) is 2. The van der Waals surface area contributed by atoms with E-state index in [9.17, 15) is 13.2 Å². The molecule has 2 aromatic rings. The maximum Gasteiger partial charge on any atom is 0.252 e. The highest BCUT2D eigenvalue weighted by atomic mass is 32.2. The van der Waals surface area contributed by atoms with E-state index in [2.05, 4.69) is 10.5 Å². The Bertz CT molecular complexity index is 889. The first kappa shape index (κ1) is 17.7. The summed E-state index contributed by atoms with van der Waals surface area (Å²) in [5.74, 6) is -0.147. The summed E-state index contributed by atoms with van der Waals surface area (Å²) in [7, 11) is -3.53. The molecule has 1 saturated heterocycles. The Morgan fingerprint density at radius 1 is 1.31 bits per heavy atom. The van der Waals surface area contributed by atoms with Gasteiger partial charge in [-0.05, 0) is 50.0 Å². The lowest BCUT2D eigenvalue weighted by Crippen LogP contribution is -2.43. The van der Waals surface area contributed by atoms with E-state index in [0.29, 0.717) is 29.5 Å². The fourth-order valence-electron chi connectivity index (χ4n) is 3.62. The van der Waals surface area contributed by atoms with Crippen LogP contribution in [-0.2, 0) is 27.7 Å². The van der Waals surface area contributed by atoms with Crippen LogP contribution in [0.15, 0.2) is 26.2 Å². The Balaban J connectivity index is 1.46. The number of anilines is 1. The van der Waals surface area contributed by atoms with Gasteiger partial charge in [-0.15, -0.1) is 11.3 Å². The largest absolute Gasteiger partial charge is 0.338 e. The third kappa shape index (κ3) is 3.30. The summed E-state index contributed by atoms with van der Waals surface area (Å²) in [6.45, 7) is 0.643. The number of rotatable bonds is 4. The van der Waals surface area contributed by atoms with Gasteiger partial charge in [0.25, 0.3) is 10.0 Å². The van der Waals surface area contributed by atoms with E-state index in [1.54, 1.807) is 17.5 Å². The lowest BCUT2D eigenvalue weighted by Gasteiger charge is -2.30. The van der Waals surface area contributed by atoms with Crippen LogP contribution in [0.2, 0.25) is 0 Å². The standard InChI is InChI=1S/C17H21N3O4S2/c21-16(18-17-13-6-1-2-7-14(13)19-24-17)12-5-3-9-20(11-12)26(22,23)15-8-4-10-25-15/h4,8,10,12H,1-3,5-7,9,11H2,(H,18,21). The van der Waals surface area contributed by atoms with E-state index in [-0.39, 0.29) is 18.4 Å². The van der Waals surface area contributed by atoms with Crippen molar-refractivity contribution < 1.29 is 17.7 Å². The summed E-state index contributed by atoms with van der Waals surface area (Å²) >= 11 is 1.20. The molecule has 0 radical (unpaired) electrons. The molecule has 1 aliphatic carbocycles. The zero-order valence-electron chi connectivity index (χ0n) is 14.3. The molecule has 1 amide bonds. The number of hydrogen-bond donors (Lipinski definition) is 1. The van der Waals surface area contributed by atoms with Gasteiger partial charge in [-0.1, -0.05) is 11.2 Å². The van der Waals surface area contributed by atoms with Gasteiger partial charge in [-0.25, -0.2) is 8.42 Å². The molecule has 0 spiro atoms. The van der Waals surface area contributed by atoms with E-state index in [4.69, 9.17) is 4.52 Å². The number of aromatic nitrogens is 1. The van der Waals surface area contributed by atoms with Gasteiger partial charge in [0.15, 0.2) is 0 Å². The monoisotopic (exact) mass is 395 g/mol. The van der Waals surface area contributed by atoms with Gasteiger partial charge in [0.2, 0.25) is 11.8 Å². The van der Waals surface area contributed by atoms with Crippen molar-refractivity contribution in [2.24, 2.45) is 5.92 Å². The second-order valence-electron chi connectivity index (χ2n) is 6.77. The first-order chi connectivity index (χ1) is 12.6. The molecule has 0 saturated carbocycles. The second-order valence-corrected chi connectivity index (χ2v) is 9.88. The van der Waals surface area contributed by atoms with Crippen molar-refractivity contribution in [1.29, 1.82) is 0 Å².